The van der Waals surface area contributed by atoms with Crippen LogP contribution in [0.2, 0.25) is 5.02 Å². The molecule has 3 fully saturated rings. The molecule has 57 heavy (non-hydrogen) atoms. The monoisotopic (exact) mass is 836 g/mol. The first-order chi connectivity index (χ1) is 27.1. The number of hydrogen-bond donors (Lipinski definition) is 3. The zero-order valence-electron chi connectivity index (χ0n) is 32.2. The number of nitrogens with zero attached hydrogens (tertiary/aromatic N) is 3. The molecular weight excluding hydrogens is 792 g/mol. The van der Waals surface area contributed by atoms with Crippen LogP contribution in [0, 0.1) is 11.3 Å². The average Bonchev–Trinajstić information content (AvgIpc) is 4.07. The number of likely N-dealkylation sites (tertiary alicyclic amines) is 1. The molecule has 3 aliphatic rings. The number of sulfonamides is 1. The van der Waals surface area contributed by atoms with Gasteiger partial charge in [-0.2, -0.15) is 0 Å². The van der Waals surface area contributed by atoms with Crippen LogP contribution >= 0.6 is 22.9 Å². The van der Waals surface area contributed by atoms with Crippen LogP contribution in [-0.2, 0) is 24.4 Å². The Morgan fingerprint density at radius 2 is 1.88 bits per heavy atom. The zero-order chi connectivity index (χ0) is 40.9. The smallest absolute Gasteiger partial charge is 0.259 e. The van der Waals surface area contributed by atoms with Crippen LogP contribution in [0.1, 0.15) is 46.5 Å². The van der Waals surface area contributed by atoms with Gasteiger partial charge in [-0.15, -0.1) is 17.9 Å². The van der Waals surface area contributed by atoms with Crippen LogP contribution < -0.4 is 29.6 Å². The summed E-state index contributed by atoms with van der Waals surface area (Å²) in [5, 5.41) is 9.67. The second-order valence-corrected chi connectivity index (χ2v) is 19.0. The van der Waals surface area contributed by atoms with E-state index in [1.807, 2.05) is 50.4 Å². The number of pyridine rings is 1. The summed E-state index contributed by atoms with van der Waals surface area (Å²) in [6, 6.07) is 10.8. The number of anilines is 1. The van der Waals surface area contributed by atoms with E-state index in [1.54, 1.807) is 25.3 Å². The molecule has 3 N–H and O–H groups in total. The number of halogens is 1. The Hall–Kier alpha value is -4.93. The molecule has 5 atom stereocenters. The van der Waals surface area contributed by atoms with Gasteiger partial charge in [0.1, 0.15) is 35.2 Å². The fraction of sp³-hybridized carbons (Fsp3) is 0.425. The van der Waals surface area contributed by atoms with E-state index >= 15 is 0 Å². The summed E-state index contributed by atoms with van der Waals surface area (Å²) in [5.41, 5.74) is -0.680. The Morgan fingerprint density at radius 3 is 2.54 bits per heavy atom. The molecule has 17 heteroatoms. The molecule has 2 aromatic heterocycles. The third-order valence-electron chi connectivity index (χ3n) is 10.6. The number of fused-ring (bicyclic) bond motifs is 1. The number of aromatic nitrogens is 2. The minimum absolute atomic E-state index is 0.00593. The molecule has 0 unspecified atom stereocenters. The number of ether oxygens (including phenoxy) is 3. The molecule has 14 nitrogen and oxygen atoms in total. The van der Waals surface area contributed by atoms with E-state index in [0.29, 0.717) is 51.0 Å². The summed E-state index contributed by atoms with van der Waals surface area (Å²) < 4.78 is 45.1. The van der Waals surface area contributed by atoms with Gasteiger partial charge >= 0.3 is 0 Å². The van der Waals surface area contributed by atoms with E-state index in [4.69, 9.17) is 30.8 Å². The van der Waals surface area contributed by atoms with Gasteiger partial charge < -0.3 is 29.7 Å². The second kappa shape index (κ2) is 15.4. The SMILES string of the molecule is C=C[C@@H]1C[C@]1(NC(=O)[C@@H]1C[C@@H](Oc2ncc(OC)c3ccc(Cl)cc23)CN1C(=O)[C@@H](Nc1nc(-c2cccc(OC)c2)cs1)C(C)(C)C)C(=O)NS(=O)(=O)C1CC1. The lowest BCUT2D eigenvalue weighted by atomic mass is 9.85. The molecule has 2 aliphatic carbocycles. The molecule has 0 radical (unpaired) electrons. The van der Waals surface area contributed by atoms with Crippen molar-refractivity contribution in [3.63, 3.8) is 0 Å². The number of carbonyl (C=O) groups excluding carboxylic acids is 3. The number of thiazole rings is 1. The van der Waals surface area contributed by atoms with E-state index in [2.05, 4.69) is 26.9 Å². The zero-order valence-corrected chi connectivity index (χ0v) is 34.6. The first-order valence-electron chi connectivity index (χ1n) is 18.5. The van der Waals surface area contributed by atoms with Crippen molar-refractivity contribution in [3.8, 4) is 28.6 Å². The standard InChI is InChI=1S/C40H45ClN6O8S2/c1-7-23-18-40(23,37(50)46-57(51,52)27-12-13-27)45-34(48)31-17-26(55-35-29-16-24(41)11-14-28(29)32(54-6)19-42-35)20-47(31)36(49)33(39(2,3)4)44-38-43-30(21-56-38)22-9-8-10-25(15-22)53-5/h7-11,14-16,19,21,23,26-27,31,33H,1,12-13,17-18,20H2,2-6H3,(H,43,44)(H,45,48)(H,46,50)/t23-,26-,31+,33-,40-/m1/s1. The van der Waals surface area contributed by atoms with Gasteiger partial charge in [-0.05, 0) is 55.0 Å². The number of hydrogen-bond acceptors (Lipinski definition) is 12. The molecular formula is C40H45ClN6O8S2. The van der Waals surface area contributed by atoms with Gasteiger partial charge in [-0.25, -0.2) is 18.4 Å². The Balaban J connectivity index is 1.19. The first-order valence-corrected chi connectivity index (χ1v) is 21.3. The lowest BCUT2D eigenvalue weighted by Crippen LogP contribution is -2.58. The van der Waals surface area contributed by atoms with Crippen LogP contribution in [0.25, 0.3) is 22.0 Å². The Kier molecular flexibility index (Phi) is 10.9. The molecule has 2 saturated carbocycles. The molecule has 302 valence electrons. The lowest BCUT2D eigenvalue weighted by molar-refractivity contribution is -0.141. The van der Waals surface area contributed by atoms with Gasteiger partial charge in [0.25, 0.3) is 5.91 Å². The molecule has 7 rings (SSSR count). The van der Waals surface area contributed by atoms with Crippen LogP contribution in [0.3, 0.4) is 0 Å². The maximum absolute atomic E-state index is 14.9. The van der Waals surface area contributed by atoms with Crippen molar-refractivity contribution in [2.75, 3.05) is 26.1 Å². The molecule has 2 aromatic carbocycles. The minimum atomic E-state index is -3.90. The van der Waals surface area contributed by atoms with E-state index < -0.39 is 68.1 Å². The predicted molar refractivity (Wildman–Crippen MR) is 218 cm³/mol. The number of benzene rings is 2. The van der Waals surface area contributed by atoms with Gasteiger partial charge in [0.05, 0.1) is 37.9 Å². The summed E-state index contributed by atoms with van der Waals surface area (Å²) in [6.07, 6.45) is 3.45. The highest BCUT2D eigenvalue weighted by Crippen LogP contribution is 2.46. The highest BCUT2D eigenvalue weighted by atomic mass is 35.5. The van der Waals surface area contributed by atoms with Gasteiger partial charge in [0.15, 0.2) is 5.13 Å². The molecule has 0 bridgehead atoms. The van der Waals surface area contributed by atoms with Crippen molar-refractivity contribution in [2.45, 2.75) is 75.4 Å². The normalized spacial score (nSPS) is 22.4. The fourth-order valence-corrected chi connectivity index (χ4v) is 9.45. The third-order valence-corrected chi connectivity index (χ3v) is 13.5. The molecule has 4 aromatic rings. The van der Waals surface area contributed by atoms with Gasteiger partial charge in [0, 0.05) is 39.1 Å². The van der Waals surface area contributed by atoms with Crippen molar-refractivity contribution in [2.24, 2.45) is 11.3 Å². The molecule has 3 heterocycles. The molecule has 1 aliphatic heterocycles. The predicted octanol–water partition coefficient (Wildman–Crippen LogP) is 5.57. The molecule has 3 amide bonds. The van der Waals surface area contributed by atoms with Crippen molar-refractivity contribution >= 4 is 66.6 Å². The summed E-state index contributed by atoms with van der Waals surface area (Å²) in [6.45, 7) is 9.53. The Labute approximate surface area is 340 Å². The lowest BCUT2D eigenvalue weighted by Gasteiger charge is -2.35. The van der Waals surface area contributed by atoms with Crippen molar-refractivity contribution in [1.29, 1.82) is 0 Å². The van der Waals surface area contributed by atoms with E-state index in [9.17, 15) is 22.8 Å². The summed E-state index contributed by atoms with van der Waals surface area (Å²) >= 11 is 7.72. The number of methoxy groups -OCH3 is 2. The summed E-state index contributed by atoms with van der Waals surface area (Å²) in [5.74, 6) is -0.932. The minimum Gasteiger partial charge on any atom is -0.497 e. The third kappa shape index (κ3) is 8.25. The van der Waals surface area contributed by atoms with Crippen LogP contribution in [0.15, 0.2) is 66.7 Å². The van der Waals surface area contributed by atoms with Crippen molar-refractivity contribution in [3.05, 3.63) is 71.7 Å². The average molecular weight is 837 g/mol. The van der Waals surface area contributed by atoms with Gasteiger partial charge in [-0.3, -0.25) is 19.1 Å². The number of rotatable bonds is 14. The largest absolute Gasteiger partial charge is 0.497 e. The Bertz CT molecular complexity index is 2350. The van der Waals surface area contributed by atoms with Gasteiger partial charge in [-0.1, -0.05) is 50.6 Å². The van der Waals surface area contributed by atoms with Crippen molar-refractivity contribution < 1.29 is 37.0 Å². The Morgan fingerprint density at radius 1 is 1.11 bits per heavy atom. The quantitative estimate of drug-likeness (QED) is 0.135. The fourth-order valence-electron chi connectivity index (χ4n) is 7.17. The van der Waals surface area contributed by atoms with Crippen LogP contribution in [0.5, 0.6) is 17.4 Å². The topological polar surface area (TPSA) is 178 Å². The van der Waals surface area contributed by atoms with Crippen molar-refractivity contribution in [1.82, 2.24) is 24.9 Å². The molecule has 0 spiro atoms. The molecule has 1 saturated heterocycles. The number of carbonyl (C=O) groups is 3. The van der Waals surface area contributed by atoms with Crippen LogP contribution in [0.4, 0.5) is 5.13 Å². The van der Waals surface area contributed by atoms with E-state index in [0.717, 1.165) is 5.56 Å². The highest BCUT2D eigenvalue weighted by molar-refractivity contribution is 7.91. The number of nitrogens with one attached hydrogen (secondary N) is 3. The highest BCUT2D eigenvalue weighted by Gasteiger charge is 2.62. The maximum atomic E-state index is 14.9. The first kappa shape index (κ1) is 40.3. The second-order valence-electron chi connectivity index (χ2n) is 15.7. The number of amides is 3. The van der Waals surface area contributed by atoms with E-state index in [-0.39, 0.29) is 25.3 Å². The maximum Gasteiger partial charge on any atom is 0.259 e. The van der Waals surface area contributed by atoms with E-state index in [1.165, 1.54) is 35.6 Å². The van der Waals surface area contributed by atoms with Gasteiger partial charge in [0.2, 0.25) is 27.7 Å². The van der Waals surface area contributed by atoms with Crippen LogP contribution in [-0.4, -0.2) is 90.7 Å². The summed E-state index contributed by atoms with van der Waals surface area (Å²) in [4.78, 5) is 53.7. The summed E-state index contributed by atoms with van der Waals surface area (Å²) in [7, 11) is -0.775.